The van der Waals surface area contributed by atoms with E-state index in [0.29, 0.717) is 12.0 Å². The number of likely N-dealkylation sites (tertiary alicyclic amines) is 1. The van der Waals surface area contributed by atoms with Crippen LogP contribution < -0.4 is 0 Å². The van der Waals surface area contributed by atoms with E-state index in [9.17, 15) is 4.79 Å². The molecule has 0 aromatic carbocycles. The van der Waals surface area contributed by atoms with Crippen molar-refractivity contribution in [2.75, 3.05) is 13.1 Å². The highest BCUT2D eigenvalue weighted by Crippen LogP contribution is 2.26. The Morgan fingerprint density at radius 1 is 1.26 bits per heavy atom. The smallest absolute Gasteiger partial charge is 0.227 e. The van der Waals surface area contributed by atoms with Gasteiger partial charge in [-0.1, -0.05) is 26.8 Å². The Morgan fingerprint density at radius 2 is 2.04 bits per heavy atom. The van der Waals surface area contributed by atoms with Crippen molar-refractivity contribution in [3.8, 4) is 11.4 Å². The molecule has 1 atom stereocenters. The van der Waals surface area contributed by atoms with Crippen molar-refractivity contribution in [3.63, 3.8) is 0 Å². The lowest BCUT2D eigenvalue weighted by atomic mass is 9.88. The van der Waals surface area contributed by atoms with E-state index in [1.165, 1.54) is 12.0 Å². The topological polar surface area (TPSA) is 51.0 Å². The Kier molecular flexibility index (Phi) is 5.68. The van der Waals surface area contributed by atoms with Crippen LogP contribution in [0.15, 0.2) is 30.6 Å². The van der Waals surface area contributed by atoms with Gasteiger partial charge in [-0.2, -0.15) is 5.10 Å². The lowest BCUT2D eigenvalue weighted by Crippen LogP contribution is -2.45. The van der Waals surface area contributed by atoms with Crippen molar-refractivity contribution < 1.29 is 4.79 Å². The van der Waals surface area contributed by atoms with Crippen molar-refractivity contribution in [2.24, 2.45) is 11.3 Å². The quantitative estimate of drug-likeness (QED) is 0.806. The molecule has 0 spiro atoms. The molecule has 2 aromatic heterocycles. The molecule has 27 heavy (non-hydrogen) atoms. The molecular formula is C22H32N4O. The molecule has 146 valence electrons. The fourth-order valence-corrected chi connectivity index (χ4v) is 3.85. The average molecular weight is 369 g/mol. The molecule has 0 saturated carbocycles. The molecule has 0 unspecified atom stereocenters. The number of aromatic nitrogens is 3. The van der Waals surface area contributed by atoms with E-state index in [0.717, 1.165) is 37.3 Å². The zero-order chi connectivity index (χ0) is 19.6. The van der Waals surface area contributed by atoms with Crippen molar-refractivity contribution in [2.45, 2.75) is 59.9 Å². The van der Waals surface area contributed by atoms with Crippen LogP contribution in [0.3, 0.4) is 0 Å². The van der Waals surface area contributed by atoms with E-state index in [1.54, 1.807) is 0 Å². The normalized spacial score (nSPS) is 18.1. The standard InChI is InChI=1S/C22H32N4O/c1-16(2)26-20(10-11-24-26)19-9-8-17(14-23-19)13-18-7-6-12-25(15-18)21(27)22(3,4)5/h8-11,14,16,18H,6-7,12-13,15H2,1-5H3/t18-/m1/s1. The van der Waals surface area contributed by atoms with Gasteiger partial charge in [-0.3, -0.25) is 14.5 Å². The molecule has 1 aliphatic rings. The van der Waals surface area contributed by atoms with Crippen LogP contribution in [0.1, 0.15) is 59.1 Å². The van der Waals surface area contributed by atoms with Gasteiger partial charge in [0.2, 0.25) is 5.91 Å². The van der Waals surface area contributed by atoms with E-state index in [4.69, 9.17) is 0 Å². The summed E-state index contributed by atoms with van der Waals surface area (Å²) in [5.74, 6) is 0.779. The van der Waals surface area contributed by atoms with Crippen LogP contribution in [0.5, 0.6) is 0 Å². The molecule has 0 N–H and O–H groups in total. The molecule has 5 nitrogen and oxygen atoms in total. The molecule has 3 heterocycles. The summed E-state index contributed by atoms with van der Waals surface area (Å²) < 4.78 is 2.00. The Bertz CT molecular complexity index is 770. The summed E-state index contributed by atoms with van der Waals surface area (Å²) in [5.41, 5.74) is 2.95. The summed E-state index contributed by atoms with van der Waals surface area (Å²) in [6.45, 7) is 12.0. The largest absolute Gasteiger partial charge is 0.342 e. The van der Waals surface area contributed by atoms with Gasteiger partial charge >= 0.3 is 0 Å². The van der Waals surface area contributed by atoms with Crippen LogP contribution in [-0.2, 0) is 11.2 Å². The number of nitrogens with zero attached hydrogens (tertiary/aromatic N) is 4. The van der Waals surface area contributed by atoms with Crippen molar-refractivity contribution >= 4 is 5.91 Å². The van der Waals surface area contributed by atoms with E-state index < -0.39 is 0 Å². The second-order valence-corrected chi connectivity index (χ2v) is 9.02. The average Bonchev–Trinajstić information content (AvgIpc) is 3.11. The maximum atomic E-state index is 12.6. The van der Waals surface area contributed by atoms with E-state index in [2.05, 4.69) is 41.0 Å². The van der Waals surface area contributed by atoms with Gasteiger partial charge in [0.15, 0.2) is 0 Å². The summed E-state index contributed by atoms with van der Waals surface area (Å²) in [6, 6.07) is 6.58. The van der Waals surface area contributed by atoms with E-state index >= 15 is 0 Å². The van der Waals surface area contributed by atoms with Crippen LogP contribution in [0, 0.1) is 11.3 Å². The molecule has 3 rings (SSSR count). The molecule has 1 amide bonds. The number of pyridine rings is 1. The van der Waals surface area contributed by atoms with Crippen molar-refractivity contribution in [1.29, 1.82) is 0 Å². The molecule has 1 fully saturated rings. The van der Waals surface area contributed by atoms with E-state index in [-0.39, 0.29) is 11.3 Å². The molecule has 2 aromatic rings. The predicted octanol–water partition coefficient (Wildman–Crippen LogP) is 4.35. The first kappa shape index (κ1) is 19.6. The highest BCUT2D eigenvalue weighted by molar-refractivity contribution is 5.81. The van der Waals surface area contributed by atoms with Crippen LogP contribution in [0.25, 0.3) is 11.4 Å². The van der Waals surface area contributed by atoms with Gasteiger partial charge in [0.25, 0.3) is 0 Å². The Labute approximate surface area is 162 Å². The highest BCUT2D eigenvalue weighted by atomic mass is 16.2. The first-order valence-corrected chi connectivity index (χ1v) is 10.0. The highest BCUT2D eigenvalue weighted by Gasteiger charge is 2.31. The minimum absolute atomic E-state index is 0.266. The summed E-state index contributed by atoms with van der Waals surface area (Å²) in [4.78, 5) is 19.3. The van der Waals surface area contributed by atoms with Crippen molar-refractivity contribution in [3.05, 3.63) is 36.2 Å². The molecule has 0 radical (unpaired) electrons. The van der Waals surface area contributed by atoms with E-state index in [1.807, 2.05) is 43.9 Å². The number of amides is 1. The second kappa shape index (κ2) is 7.83. The van der Waals surface area contributed by atoms with Crippen molar-refractivity contribution in [1.82, 2.24) is 19.7 Å². The minimum atomic E-state index is -0.301. The third-order valence-corrected chi connectivity index (χ3v) is 5.22. The molecule has 1 saturated heterocycles. The lowest BCUT2D eigenvalue weighted by molar-refractivity contribution is -0.141. The number of hydrogen-bond donors (Lipinski definition) is 0. The molecule has 0 aliphatic carbocycles. The summed E-state index contributed by atoms with van der Waals surface area (Å²) in [5, 5.41) is 4.39. The molecule has 1 aliphatic heterocycles. The maximum Gasteiger partial charge on any atom is 0.227 e. The van der Waals surface area contributed by atoms with Gasteiger partial charge in [-0.15, -0.1) is 0 Å². The number of piperidine rings is 1. The van der Waals surface area contributed by atoms with Gasteiger partial charge in [-0.25, -0.2) is 0 Å². The first-order valence-electron chi connectivity index (χ1n) is 10.0. The van der Waals surface area contributed by atoms with Gasteiger partial charge in [0.05, 0.1) is 11.4 Å². The van der Waals surface area contributed by atoms with Gasteiger partial charge < -0.3 is 4.90 Å². The first-order chi connectivity index (χ1) is 12.8. The maximum absolute atomic E-state index is 12.6. The SMILES string of the molecule is CC(C)n1nccc1-c1ccc(C[C@H]2CCCN(C(=O)C(C)(C)C)C2)cn1. The summed E-state index contributed by atoms with van der Waals surface area (Å²) in [6.07, 6.45) is 7.05. The third kappa shape index (κ3) is 4.57. The zero-order valence-corrected chi connectivity index (χ0v) is 17.3. The Balaban J connectivity index is 1.66. The third-order valence-electron chi connectivity index (χ3n) is 5.22. The fraction of sp³-hybridized carbons (Fsp3) is 0.591. The lowest BCUT2D eigenvalue weighted by Gasteiger charge is -2.36. The Hall–Kier alpha value is -2.17. The predicted molar refractivity (Wildman–Crippen MR) is 108 cm³/mol. The number of hydrogen-bond acceptors (Lipinski definition) is 3. The van der Waals surface area contributed by atoms with Crippen LogP contribution in [0.2, 0.25) is 0 Å². The Morgan fingerprint density at radius 3 is 2.67 bits per heavy atom. The summed E-state index contributed by atoms with van der Waals surface area (Å²) >= 11 is 0. The minimum Gasteiger partial charge on any atom is -0.342 e. The number of carbonyl (C=O) groups is 1. The van der Waals surface area contributed by atoms with Crippen LogP contribution in [0.4, 0.5) is 0 Å². The fourth-order valence-electron chi connectivity index (χ4n) is 3.85. The van der Waals surface area contributed by atoms with Gasteiger partial charge in [0.1, 0.15) is 0 Å². The van der Waals surface area contributed by atoms with Crippen LogP contribution >= 0.6 is 0 Å². The molecular weight excluding hydrogens is 336 g/mol. The number of carbonyl (C=O) groups excluding carboxylic acids is 1. The van der Waals surface area contributed by atoms with Gasteiger partial charge in [-0.05, 0) is 56.7 Å². The number of rotatable bonds is 4. The molecule has 0 bridgehead atoms. The monoisotopic (exact) mass is 368 g/mol. The second-order valence-electron chi connectivity index (χ2n) is 9.02. The summed E-state index contributed by atoms with van der Waals surface area (Å²) in [7, 11) is 0. The van der Waals surface area contributed by atoms with Crippen LogP contribution in [-0.4, -0.2) is 38.7 Å². The zero-order valence-electron chi connectivity index (χ0n) is 17.3. The molecule has 5 heteroatoms. The van der Waals surface area contributed by atoms with Gasteiger partial charge in [0, 0.05) is 36.9 Å².